The lowest BCUT2D eigenvalue weighted by Crippen LogP contribution is -2.56. The number of nitrogens with one attached hydrogen (secondary N) is 1. The molecule has 12 heteroatoms. The third-order valence-electron chi connectivity index (χ3n) is 5.53. The van der Waals surface area contributed by atoms with Crippen molar-refractivity contribution in [3.8, 4) is 5.75 Å². The largest absolute Gasteiger partial charge is 0.489 e. The molecule has 3 rings (SSSR count). The summed E-state index contributed by atoms with van der Waals surface area (Å²) in [6, 6.07) is 14.7. The normalized spacial score (nSPS) is 16.7. The Balaban J connectivity index is 1.51. The summed E-state index contributed by atoms with van der Waals surface area (Å²) in [6.45, 7) is 1.17. The van der Waals surface area contributed by atoms with E-state index < -0.39 is 37.7 Å². The highest BCUT2D eigenvalue weighted by atomic mass is 32.2. The molecule has 186 valence electrons. The zero-order valence-electron chi connectivity index (χ0n) is 18.8. The molecule has 2 N–H and O–H groups in total. The number of benzene rings is 2. The van der Waals surface area contributed by atoms with Crippen LogP contribution < -0.4 is 10.1 Å². The van der Waals surface area contributed by atoms with Crippen LogP contribution in [0.4, 0.5) is 0 Å². The second-order valence-electron chi connectivity index (χ2n) is 8.01. The first-order valence-corrected chi connectivity index (χ1v) is 14.2. The lowest BCUT2D eigenvalue weighted by atomic mass is 10.2. The number of piperazine rings is 1. The number of sulfonamides is 1. The van der Waals surface area contributed by atoms with Crippen molar-refractivity contribution in [3.63, 3.8) is 0 Å². The first kappa shape index (κ1) is 26.1. The van der Waals surface area contributed by atoms with Gasteiger partial charge in [-0.05, 0) is 29.8 Å². The smallest absolute Gasteiger partial charge is 0.322 e. The number of carbonyl (C=O) groups is 1. The van der Waals surface area contributed by atoms with Crippen LogP contribution in [0.3, 0.4) is 0 Å². The topological polar surface area (TPSA) is 133 Å². The second-order valence-corrected chi connectivity index (χ2v) is 12.0. The summed E-state index contributed by atoms with van der Waals surface area (Å²) in [5.74, 6) is -0.989. The van der Waals surface area contributed by atoms with Crippen LogP contribution in [-0.4, -0.2) is 88.0 Å². The predicted octanol–water partition coefficient (Wildman–Crippen LogP) is 0.617. The summed E-state index contributed by atoms with van der Waals surface area (Å²) in [5.41, 5.74) is 0.995. The quantitative estimate of drug-likeness (QED) is 0.445. The van der Waals surface area contributed by atoms with Gasteiger partial charge in [-0.1, -0.05) is 30.3 Å². The molecule has 1 fully saturated rings. The average Bonchev–Trinajstić information content (AvgIpc) is 2.81. The van der Waals surface area contributed by atoms with E-state index in [2.05, 4.69) is 5.32 Å². The van der Waals surface area contributed by atoms with Crippen LogP contribution in [0, 0.1) is 0 Å². The van der Waals surface area contributed by atoms with E-state index in [0.717, 1.165) is 11.8 Å². The number of hydrogen-bond donors (Lipinski definition) is 2. The maximum atomic E-state index is 12.7. The molecule has 0 aliphatic carbocycles. The van der Waals surface area contributed by atoms with E-state index in [1.54, 1.807) is 17.0 Å². The van der Waals surface area contributed by atoms with Crippen LogP contribution >= 0.6 is 0 Å². The van der Waals surface area contributed by atoms with E-state index >= 15 is 0 Å². The zero-order chi connectivity index (χ0) is 24.8. The molecule has 0 amide bonds. The molecular weight excluding hydrogens is 482 g/mol. The molecule has 1 aliphatic heterocycles. The number of rotatable bonds is 11. The molecule has 0 spiro atoms. The van der Waals surface area contributed by atoms with Crippen molar-refractivity contribution in [1.82, 2.24) is 14.5 Å². The van der Waals surface area contributed by atoms with Gasteiger partial charge in [0.05, 0.1) is 11.2 Å². The Labute approximate surface area is 200 Å². The van der Waals surface area contributed by atoms with Crippen molar-refractivity contribution in [3.05, 3.63) is 60.2 Å². The molecule has 1 saturated heterocycles. The Bertz CT molecular complexity index is 1160. The SMILES string of the molecule is CS(=O)(=O)N1CCN([C@@H](CNCS(=O)(=O)c2ccc(OCc3ccccc3)cc2)C(=O)O)CC1. The van der Waals surface area contributed by atoms with Gasteiger partial charge in [-0.2, -0.15) is 4.31 Å². The Morgan fingerprint density at radius 1 is 1.00 bits per heavy atom. The van der Waals surface area contributed by atoms with Gasteiger partial charge >= 0.3 is 5.97 Å². The first-order valence-electron chi connectivity index (χ1n) is 10.7. The monoisotopic (exact) mass is 511 g/mol. The van der Waals surface area contributed by atoms with Crippen LogP contribution in [-0.2, 0) is 31.3 Å². The molecule has 1 atom stereocenters. The average molecular weight is 512 g/mol. The third-order valence-corrected chi connectivity index (χ3v) is 8.41. The summed E-state index contributed by atoms with van der Waals surface area (Å²) in [6.07, 6.45) is 1.12. The van der Waals surface area contributed by atoms with E-state index in [4.69, 9.17) is 4.74 Å². The Morgan fingerprint density at radius 3 is 2.18 bits per heavy atom. The van der Waals surface area contributed by atoms with Gasteiger partial charge in [-0.25, -0.2) is 16.8 Å². The van der Waals surface area contributed by atoms with Crippen LogP contribution in [0.5, 0.6) is 5.75 Å². The van der Waals surface area contributed by atoms with Crippen molar-refractivity contribution in [2.75, 3.05) is 44.9 Å². The number of carboxylic acids is 1. The summed E-state index contributed by atoms with van der Waals surface area (Å²) >= 11 is 0. The fraction of sp³-hybridized carbons (Fsp3) is 0.409. The number of aliphatic carboxylic acids is 1. The van der Waals surface area contributed by atoms with Crippen LogP contribution in [0.15, 0.2) is 59.5 Å². The van der Waals surface area contributed by atoms with E-state index in [1.807, 2.05) is 30.3 Å². The van der Waals surface area contributed by atoms with Gasteiger partial charge in [-0.3, -0.25) is 9.69 Å². The molecule has 1 heterocycles. The number of nitrogens with zero attached hydrogens (tertiary/aromatic N) is 2. The highest BCUT2D eigenvalue weighted by molar-refractivity contribution is 7.91. The standard InChI is InChI=1S/C22H29N3O7S2/c1-33(28,29)25-13-11-24(12-14-25)21(22(26)27)15-23-17-34(30,31)20-9-7-19(8-10-20)32-16-18-5-3-2-4-6-18/h2-10,21,23H,11-17H2,1H3,(H,26,27)/t21-/m0/s1. The highest BCUT2D eigenvalue weighted by Gasteiger charge is 2.31. The van der Waals surface area contributed by atoms with Crippen LogP contribution in [0.25, 0.3) is 0 Å². The Hall–Kier alpha value is -2.51. The molecular formula is C22H29N3O7S2. The third kappa shape index (κ3) is 7.24. The molecule has 10 nitrogen and oxygen atoms in total. The maximum Gasteiger partial charge on any atom is 0.322 e. The number of hydrogen-bond acceptors (Lipinski definition) is 8. The van der Waals surface area contributed by atoms with E-state index in [0.29, 0.717) is 12.4 Å². The van der Waals surface area contributed by atoms with Gasteiger partial charge < -0.3 is 15.2 Å². The van der Waals surface area contributed by atoms with Crippen molar-refractivity contribution in [1.29, 1.82) is 0 Å². The molecule has 0 radical (unpaired) electrons. The minimum Gasteiger partial charge on any atom is -0.489 e. The van der Waals surface area contributed by atoms with E-state index in [9.17, 15) is 26.7 Å². The minimum atomic E-state index is -3.69. The molecule has 0 saturated carbocycles. The minimum absolute atomic E-state index is 0.0916. The van der Waals surface area contributed by atoms with Gasteiger partial charge in [0.1, 0.15) is 24.3 Å². The highest BCUT2D eigenvalue weighted by Crippen LogP contribution is 2.18. The summed E-state index contributed by atoms with van der Waals surface area (Å²) < 4.78 is 55.6. The summed E-state index contributed by atoms with van der Waals surface area (Å²) in [7, 11) is -7.02. The molecule has 2 aromatic carbocycles. The fourth-order valence-corrected chi connectivity index (χ4v) is 5.55. The van der Waals surface area contributed by atoms with Crippen molar-refractivity contribution < 1.29 is 31.5 Å². The number of ether oxygens (including phenoxy) is 1. The van der Waals surface area contributed by atoms with Crippen LogP contribution in [0.2, 0.25) is 0 Å². The van der Waals surface area contributed by atoms with Crippen molar-refractivity contribution >= 4 is 25.8 Å². The zero-order valence-corrected chi connectivity index (χ0v) is 20.5. The molecule has 34 heavy (non-hydrogen) atoms. The second kappa shape index (κ2) is 11.3. The summed E-state index contributed by atoms with van der Waals surface area (Å²) in [5, 5.41) is 12.3. The molecule has 0 aromatic heterocycles. The van der Waals surface area contributed by atoms with Gasteiger partial charge in [-0.15, -0.1) is 0 Å². The number of carboxylic acid groups (broad SMARTS) is 1. The Morgan fingerprint density at radius 2 is 1.62 bits per heavy atom. The van der Waals surface area contributed by atoms with Gasteiger partial charge in [0, 0.05) is 32.7 Å². The molecule has 0 unspecified atom stereocenters. The molecule has 2 aromatic rings. The lowest BCUT2D eigenvalue weighted by molar-refractivity contribution is -0.143. The Kier molecular flexibility index (Phi) is 8.66. The van der Waals surface area contributed by atoms with Gasteiger partial charge in [0.15, 0.2) is 9.84 Å². The maximum absolute atomic E-state index is 12.7. The van der Waals surface area contributed by atoms with Gasteiger partial charge in [0.25, 0.3) is 0 Å². The van der Waals surface area contributed by atoms with E-state index in [-0.39, 0.29) is 37.6 Å². The van der Waals surface area contributed by atoms with Crippen molar-refractivity contribution in [2.45, 2.75) is 17.5 Å². The predicted molar refractivity (Wildman–Crippen MR) is 127 cm³/mol. The van der Waals surface area contributed by atoms with Crippen LogP contribution in [0.1, 0.15) is 5.56 Å². The van der Waals surface area contributed by atoms with E-state index in [1.165, 1.54) is 16.4 Å². The molecule has 1 aliphatic rings. The fourth-order valence-electron chi connectivity index (χ4n) is 3.62. The first-order chi connectivity index (χ1) is 16.1. The van der Waals surface area contributed by atoms with Crippen molar-refractivity contribution in [2.24, 2.45) is 0 Å². The lowest BCUT2D eigenvalue weighted by Gasteiger charge is -2.36. The van der Waals surface area contributed by atoms with Gasteiger partial charge in [0.2, 0.25) is 10.0 Å². The summed E-state index contributed by atoms with van der Waals surface area (Å²) in [4.78, 5) is 13.5. The number of sulfone groups is 1. The molecule has 0 bridgehead atoms.